The van der Waals surface area contributed by atoms with Crippen LogP contribution in [0.2, 0.25) is 0 Å². The van der Waals surface area contributed by atoms with Crippen molar-refractivity contribution in [3.63, 3.8) is 0 Å². The molecule has 1 N–H and O–H groups in total. The van der Waals surface area contributed by atoms with Gasteiger partial charge in [0, 0.05) is 11.8 Å². The summed E-state index contributed by atoms with van der Waals surface area (Å²) in [5.74, 6) is 2.28. The van der Waals surface area contributed by atoms with Crippen molar-refractivity contribution in [1.29, 1.82) is 0 Å². The quantitative estimate of drug-likeness (QED) is 0.839. The van der Waals surface area contributed by atoms with Gasteiger partial charge >= 0.3 is 0 Å². The first-order valence-electron chi connectivity index (χ1n) is 6.64. The van der Waals surface area contributed by atoms with Crippen molar-refractivity contribution in [2.75, 3.05) is 33.6 Å². The summed E-state index contributed by atoms with van der Waals surface area (Å²) in [4.78, 5) is 16.0. The number of amides is 1. The standard InChI is InChI=1S/C15H18N2O4S/c1-19-11-8-10(9-12(20-2)14(11)21-3)4-5-13(18)17-15-16-6-7-22-15/h4-5,8-9H,6-7H2,1-3H3,(H,16,17,18)/b5-4+. The Bertz CT molecular complexity index is 589. The summed E-state index contributed by atoms with van der Waals surface area (Å²) in [5.41, 5.74) is 0.769. The van der Waals surface area contributed by atoms with E-state index in [4.69, 9.17) is 14.2 Å². The zero-order valence-corrected chi connectivity index (χ0v) is 13.5. The lowest BCUT2D eigenvalue weighted by Gasteiger charge is -2.12. The molecule has 6 nitrogen and oxygen atoms in total. The van der Waals surface area contributed by atoms with Crippen LogP contribution < -0.4 is 19.5 Å². The summed E-state index contributed by atoms with van der Waals surface area (Å²) in [6.07, 6.45) is 3.13. The number of rotatable bonds is 5. The van der Waals surface area contributed by atoms with Crippen LogP contribution in [0, 0.1) is 0 Å². The van der Waals surface area contributed by atoms with E-state index in [1.807, 2.05) is 0 Å². The molecule has 7 heteroatoms. The van der Waals surface area contributed by atoms with E-state index in [9.17, 15) is 4.79 Å². The Morgan fingerprint density at radius 3 is 2.41 bits per heavy atom. The Kier molecular flexibility index (Phi) is 5.71. The molecule has 0 bridgehead atoms. The van der Waals surface area contributed by atoms with Crippen LogP contribution in [0.5, 0.6) is 17.2 Å². The minimum Gasteiger partial charge on any atom is -0.493 e. The highest BCUT2D eigenvalue weighted by Crippen LogP contribution is 2.38. The summed E-state index contributed by atoms with van der Waals surface area (Å²) in [5, 5.41) is 3.40. The van der Waals surface area contributed by atoms with E-state index < -0.39 is 0 Å². The lowest BCUT2D eigenvalue weighted by Crippen LogP contribution is -2.25. The minimum absolute atomic E-state index is 0.220. The van der Waals surface area contributed by atoms with Gasteiger partial charge in [0.1, 0.15) is 0 Å². The van der Waals surface area contributed by atoms with E-state index in [1.54, 1.807) is 39.5 Å². The molecule has 1 heterocycles. The van der Waals surface area contributed by atoms with Gasteiger partial charge in [-0.3, -0.25) is 9.79 Å². The topological polar surface area (TPSA) is 69.2 Å². The molecule has 0 spiro atoms. The molecule has 0 aromatic heterocycles. The van der Waals surface area contributed by atoms with Crippen LogP contribution in [0.25, 0.3) is 6.08 Å². The third-order valence-corrected chi connectivity index (χ3v) is 3.82. The van der Waals surface area contributed by atoms with Gasteiger partial charge in [0.2, 0.25) is 11.7 Å². The molecule has 2 rings (SSSR count). The first-order chi connectivity index (χ1) is 10.7. The molecule has 22 heavy (non-hydrogen) atoms. The number of methoxy groups -OCH3 is 3. The number of carbonyl (C=O) groups is 1. The van der Waals surface area contributed by atoms with E-state index >= 15 is 0 Å². The van der Waals surface area contributed by atoms with Crippen LogP contribution in [-0.2, 0) is 4.79 Å². The lowest BCUT2D eigenvalue weighted by atomic mass is 10.1. The molecule has 1 aromatic rings. The number of amidine groups is 1. The predicted octanol–water partition coefficient (Wildman–Crippen LogP) is 1.94. The molecule has 1 amide bonds. The average Bonchev–Trinajstić information content (AvgIpc) is 3.04. The SMILES string of the molecule is COc1cc(/C=C/C(=O)NC2=NCCS2)cc(OC)c1OC. The molecule has 1 aliphatic rings. The molecule has 1 aliphatic heterocycles. The fraction of sp³-hybridized carbons (Fsp3) is 0.333. The predicted molar refractivity (Wildman–Crippen MR) is 88.0 cm³/mol. The van der Waals surface area contributed by atoms with Crippen LogP contribution in [0.15, 0.2) is 23.2 Å². The number of carbonyl (C=O) groups excluding carboxylic acids is 1. The van der Waals surface area contributed by atoms with Crippen molar-refractivity contribution >= 4 is 28.9 Å². The molecule has 118 valence electrons. The molecular formula is C15H18N2O4S. The minimum atomic E-state index is -0.220. The van der Waals surface area contributed by atoms with Gasteiger partial charge in [-0.2, -0.15) is 0 Å². The van der Waals surface area contributed by atoms with E-state index in [1.165, 1.54) is 17.8 Å². The van der Waals surface area contributed by atoms with Gasteiger partial charge in [0.05, 0.1) is 27.9 Å². The van der Waals surface area contributed by atoms with Crippen molar-refractivity contribution in [3.8, 4) is 17.2 Å². The maximum atomic E-state index is 11.8. The monoisotopic (exact) mass is 322 g/mol. The van der Waals surface area contributed by atoms with Crippen molar-refractivity contribution in [1.82, 2.24) is 5.32 Å². The fourth-order valence-electron chi connectivity index (χ4n) is 1.93. The van der Waals surface area contributed by atoms with Crippen LogP contribution in [-0.4, -0.2) is 44.7 Å². The Morgan fingerprint density at radius 2 is 1.91 bits per heavy atom. The molecule has 0 saturated carbocycles. The number of hydrogen-bond donors (Lipinski definition) is 1. The normalized spacial score (nSPS) is 13.9. The van der Waals surface area contributed by atoms with E-state index in [2.05, 4.69) is 10.3 Å². The van der Waals surface area contributed by atoms with E-state index in [0.29, 0.717) is 22.4 Å². The summed E-state index contributed by atoms with van der Waals surface area (Å²) >= 11 is 1.54. The van der Waals surface area contributed by atoms with Crippen LogP contribution in [0.1, 0.15) is 5.56 Å². The summed E-state index contributed by atoms with van der Waals surface area (Å²) < 4.78 is 15.8. The van der Waals surface area contributed by atoms with E-state index in [-0.39, 0.29) is 5.91 Å². The van der Waals surface area contributed by atoms with Crippen LogP contribution in [0.4, 0.5) is 0 Å². The lowest BCUT2D eigenvalue weighted by molar-refractivity contribution is -0.115. The van der Waals surface area contributed by atoms with Crippen molar-refractivity contribution in [3.05, 3.63) is 23.8 Å². The largest absolute Gasteiger partial charge is 0.493 e. The second-order valence-corrected chi connectivity index (χ2v) is 5.40. The average molecular weight is 322 g/mol. The zero-order valence-electron chi connectivity index (χ0n) is 12.7. The Hall–Kier alpha value is -2.15. The van der Waals surface area contributed by atoms with Gasteiger partial charge in [-0.15, -0.1) is 0 Å². The number of nitrogens with zero attached hydrogens (tertiary/aromatic N) is 1. The summed E-state index contributed by atoms with van der Waals surface area (Å²) in [7, 11) is 4.64. The van der Waals surface area contributed by atoms with Gasteiger partial charge in [-0.1, -0.05) is 11.8 Å². The third kappa shape index (κ3) is 3.94. The number of aliphatic imine (C=N–C) groups is 1. The molecule has 1 aromatic carbocycles. The number of thioether (sulfide) groups is 1. The van der Waals surface area contributed by atoms with Crippen LogP contribution in [0.3, 0.4) is 0 Å². The van der Waals surface area contributed by atoms with Gasteiger partial charge in [-0.25, -0.2) is 0 Å². The highest BCUT2D eigenvalue weighted by molar-refractivity contribution is 8.14. The first-order valence-corrected chi connectivity index (χ1v) is 7.62. The highest BCUT2D eigenvalue weighted by Gasteiger charge is 2.12. The summed E-state index contributed by atoms with van der Waals surface area (Å²) in [6.45, 7) is 0.747. The first kappa shape index (κ1) is 16.2. The third-order valence-electron chi connectivity index (χ3n) is 2.93. The highest BCUT2D eigenvalue weighted by atomic mass is 32.2. The van der Waals surface area contributed by atoms with Gasteiger partial charge in [-0.05, 0) is 23.8 Å². The molecule has 0 fully saturated rings. The summed E-state index contributed by atoms with van der Waals surface area (Å²) in [6, 6.07) is 3.54. The smallest absolute Gasteiger partial charge is 0.249 e. The number of benzene rings is 1. The van der Waals surface area contributed by atoms with Crippen molar-refractivity contribution in [2.45, 2.75) is 0 Å². The molecule has 0 radical (unpaired) electrons. The number of hydrogen-bond acceptors (Lipinski definition) is 6. The second kappa shape index (κ2) is 7.74. The second-order valence-electron chi connectivity index (χ2n) is 4.32. The fourth-order valence-corrected chi connectivity index (χ4v) is 2.66. The van der Waals surface area contributed by atoms with Gasteiger partial charge < -0.3 is 19.5 Å². The molecular weight excluding hydrogens is 304 g/mol. The maximum Gasteiger partial charge on any atom is 0.249 e. The van der Waals surface area contributed by atoms with E-state index in [0.717, 1.165) is 17.9 Å². The molecule has 0 atom stereocenters. The Labute approximate surface area is 133 Å². The number of nitrogens with one attached hydrogen (secondary N) is 1. The molecule has 0 unspecified atom stereocenters. The Morgan fingerprint density at radius 1 is 1.23 bits per heavy atom. The number of ether oxygens (including phenoxy) is 3. The van der Waals surface area contributed by atoms with Crippen molar-refractivity contribution < 1.29 is 19.0 Å². The van der Waals surface area contributed by atoms with Crippen molar-refractivity contribution in [2.24, 2.45) is 4.99 Å². The molecule has 0 saturated heterocycles. The van der Waals surface area contributed by atoms with Gasteiger partial charge in [0.15, 0.2) is 16.7 Å². The molecule has 0 aliphatic carbocycles. The maximum absolute atomic E-state index is 11.8. The zero-order chi connectivity index (χ0) is 15.9. The van der Waals surface area contributed by atoms with Gasteiger partial charge in [0.25, 0.3) is 0 Å². The Balaban J connectivity index is 2.14. The van der Waals surface area contributed by atoms with Crippen LogP contribution >= 0.6 is 11.8 Å².